The van der Waals surface area contributed by atoms with Crippen molar-refractivity contribution in [2.75, 3.05) is 17.8 Å². The highest BCUT2D eigenvalue weighted by Gasteiger charge is 2.18. The predicted octanol–water partition coefficient (Wildman–Crippen LogP) is 3.81. The van der Waals surface area contributed by atoms with E-state index in [9.17, 15) is 0 Å². The third-order valence-electron chi connectivity index (χ3n) is 3.89. The SMILES string of the molecule is CCc1nc(N)nc(NOC2CCCCO2)c1-c1ccc(Cl)cc1. The third-order valence-corrected chi connectivity index (χ3v) is 4.15. The number of ether oxygens (including phenoxy) is 1. The fraction of sp³-hybridized carbons (Fsp3) is 0.412. The number of nitrogens with zero attached hydrogens (tertiary/aromatic N) is 2. The Hall–Kier alpha value is -1.89. The minimum atomic E-state index is -0.280. The number of aromatic nitrogens is 2. The molecule has 0 radical (unpaired) electrons. The zero-order valence-corrected chi connectivity index (χ0v) is 14.3. The van der Waals surface area contributed by atoms with E-state index in [1.165, 1.54) is 0 Å². The molecule has 1 aliphatic rings. The molecule has 1 aliphatic heterocycles. The van der Waals surface area contributed by atoms with E-state index >= 15 is 0 Å². The highest BCUT2D eigenvalue weighted by atomic mass is 35.5. The first-order valence-electron chi connectivity index (χ1n) is 8.13. The number of aryl methyl sites for hydroxylation is 1. The molecule has 2 heterocycles. The molecule has 24 heavy (non-hydrogen) atoms. The number of hydrogen-bond acceptors (Lipinski definition) is 6. The Labute approximate surface area is 146 Å². The van der Waals surface area contributed by atoms with Crippen molar-refractivity contribution in [1.82, 2.24) is 9.97 Å². The van der Waals surface area contributed by atoms with Gasteiger partial charge in [0.1, 0.15) is 0 Å². The summed E-state index contributed by atoms with van der Waals surface area (Å²) < 4.78 is 5.57. The lowest BCUT2D eigenvalue weighted by molar-refractivity contribution is -0.145. The molecule has 0 amide bonds. The molecule has 0 saturated carbocycles. The summed E-state index contributed by atoms with van der Waals surface area (Å²) in [5.74, 6) is 0.746. The number of nitrogens with one attached hydrogen (secondary N) is 1. The van der Waals surface area contributed by atoms with E-state index in [1.807, 2.05) is 31.2 Å². The van der Waals surface area contributed by atoms with E-state index in [1.54, 1.807) is 0 Å². The summed E-state index contributed by atoms with van der Waals surface area (Å²) in [6, 6.07) is 7.53. The second kappa shape index (κ2) is 7.79. The van der Waals surface area contributed by atoms with E-state index < -0.39 is 0 Å². The van der Waals surface area contributed by atoms with Crippen molar-refractivity contribution in [2.24, 2.45) is 0 Å². The van der Waals surface area contributed by atoms with Crippen LogP contribution in [0.4, 0.5) is 11.8 Å². The molecule has 1 aromatic carbocycles. The summed E-state index contributed by atoms with van der Waals surface area (Å²) in [7, 11) is 0. The Morgan fingerprint density at radius 2 is 2.08 bits per heavy atom. The lowest BCUT2D eigenvalue weighted by Gasteiger charge is -2.23. The summed E-state index contributed by atoms with van der Waals surface area (Å²) in [6.07, 6.45) is 3.45. The van der Waals surface area contributed by atoms with Crippen molar-refractivity contribution in [1.29, 1.82) is 0 Å². The average Bonchev–Trinajstić information content (AvgIpc) is 2.61. The van der Waals surface area contributed by atoms with Gasteiger partial charge in [-0.3, -0.25) is 0 Å². The molecule has 6 nitrogen and oxygen atoms in total. The molecule has 128 valence electrons. The Kier molecular flexibility index (Phi) is 5.50. The van der Waals surface area contributed by atoms with E-state index in [0.29, 0.717) is 17.4 Å². The number of halogens is 1. The molecule has 2 aromatic rings. The second-order valence-electron chi connectivity index (χ2n) is 5.63. The van der Waals surface area contributed by atoms with Crippen LogP contribution in [0.15, 0.2) is 24.3 Å². The van der Waals surface area contributed by atoms with E-state index in [2.05, 4.69) is 15.4 Å². The van der Waals surface area contributed by atoms with Gasteiger partial charge in [-0.15, -0.1) is 0 Å². The fourth-order valence-electron chi connectivity index (χ4n) is 2.70. The number of nitrogen functional groups attached to an aromatic ring is 1. The van der Waals surface area contributed by atoms with Crippen LogP contribution in [-0.2, 0) is 16.0 Å². The van der Waals surface area contributed by atoms with Gasteiger partial charge >= 0.3 is 0 Å². The van der Waals surface area contributed by atoms with Gasteiger partial charge in [-0.25, -0.2) is 15.3 Å². The van der Waals surface area contributed by atoms with Crippen molar-refractivity contribution in [3.63, 3.8) is 0 Å². The van der Waals surface area contributed by atoms with E-state index in [-0.39, 0.29) is 12.2 Å². The third kappa shape index (κ3) is 3.95. The summed E-state index contributed by atoms with van der Waals surface area (Å²) in [5.41, 5.74) is 11.4. The molecule has 1 unspecified atom stereocenters. The molecule has 1 saturated heterocycles. The number of rotatable bonds is 5. The molecule has 3 rings (SSSR count). The van der Waals surface area contributed by atoms with Crippen molar-refractivity contribution >= 4 is 23.4 Å². The molecule has 0 aliphatic carbocycles. The largest absolute Gasteiger partial charge is 0.368 e. The van der Waals surface area contributed by atoms with Crippen molar-refractivity contribution in [3.05, 3.63) is 35.0 Å². The van der Waals surface area contributed by atoms with Gasteiger partial charge in [-0.1, -0.05) is 30.7 Å². The quantitative estimate of drug-likeness (QED) is 0.799. The molecule has 1 aromatic heterocycles. The molecular formula is C17H21ClN4O2. The van der Waals surface area contributed by atoms with Crippen LogP contribution in [0, 0.1) is 0 Å². The van der Waals surface area contributed by atoms with E-state index in [4.69, 9.17) is 26.9 Å². The number of benzene rings is 1. The Bertz CT molecular complexity index is 688. The van der Waals surface area contributed by atoms with Crippen LogP contribution < -0.4 is 11.2 Å². The molecule has 1 fully saturated rings. The molecule has 0 spiro atoms. The highest BCUT2D eigenvalue weighted by Crippen LogP contribution is 2.32. The van der Waals surface area contributed by atoms with Crippen LogP contribution in [0.2, 0.25) is 5.02 Å². The normalized spacial score (nSPS) is 17.7. The van der Waals surface area contributed by atoms with Gasteiger partial charge in [0.05, 0.1) is 5.69 Å². The zero-order valence-electron chi connectivity index (χ0n) is 13.6. The minimum absolute atomic E-state index is 0.209. The lowest BCUT2D eigenvalue weighted by atomic mass is 10.0. The smallest absolute Gasteiger partial charge is 0.222 e. The predicted molar refractivity (Wildman–Crippen MR) is 94.6 cm³/mol. The summed E-state index contributed by atoms with van der Waals surface area (Å²) in [6.45, 7) is 2.73. The number of anilines is 2. The highest BCUT2D eigenvalue weighted by molar-refractivity contribution is 6.30. The van der Waals surface area contributed by atoms with Gasteiger partial charge in [0.15, 0.2) is 12.1 Å². The van der Waals surface area contributed by atoms with Crippen LogP contribution >= 0.6 is 11.6 Å². The average molecular weight is 349 g/mol. The Morgan fingerprint density at radius 1 is 1.29 bits per heavy atom. The van der Waals surface area contributed by atoms with Gasteiger partial charge in [-0.2, -0.15) is 4.98 Å². The standard InChI is InChI=1S/C17H21ClN4O2/c1-2-13-15(11-6-8-12(18)9-7-11)16(21-17(19)20-13)22-24-14-5-3-4-10-23-14/h6-9,14H,2-5,10H2,1H3,(H3,19,20,21,22). The molecule has 7 heteroatoms. The molecule has 3 N–H and O–H groups in total. The monoisotopic (exact) mass is 348 g/mol. The maximum Gasteiger partial charge on any atom is 0.222 e. The maximum atomic E-state index is 5.99. The van der Waals surface area contributed by atoms with Crippen molar-refractivity contribution in [3.8, 4) is 11.1 Å². The van der Waals surface area contributed by atoms with E-state index in [0.717, 1.165) is 42.5 Å². The topological polar surface area (TPSA) is 82.3 Å². The summed E-state index contributed by atoms with van der Waals surface area (Å²) in [4.78, 5) is 14.3. The van der Waals surface area contributed by atoms with Gasteiger partial charge in [0.25, 0.3) is 0 Å². The Morgan fingerprint density at radius 3 is 2.75 bits per heavy atom. The van der Waals surface area contributed by atoms with Gasteiger partial charge in [-0.05, 0) is 37.0 Å². The molecule has 0 bridgehead atoms. The van der Waals surface area contributed by atoms with Crippen LogP contribution in [0.1, 0.15) is 31.9 Å². The fourth-order valence-corrected chi connectivity index (χ4v) is 2.83. The second-order valence-corrected chi connectivity index (χ2v) is 6.07. The lowest BCUT2D eigenvalue weighted by Crippen LogP contribution is -2.25. The first kappa shape index (κ1) is 17.0. The van der Waals surface area contributed by atoms with Gasteiger partial charge in [0.2, 0.25) is 5.95 Å². The van der Waals surface area contributed by atoms with Crippen LogP contribution in [0.3, 0.4) is 0 Å². The minimum Gasteiger partial charge on any atom is -0.368 e. The maximum absolute atomic E-state index is 5.99. The van der Waals surface area contributed by atoms with Crippen molar-refractivity contribution < 1.29 is 9.57 Å². The Balaban J connectivity index is 1.91. The van der Waals surface area contributed by atoms with Crippen LogP contribution in [0.5, 0.6) is 0 Å². The molecule has 1 atom stereocenters. The van der Waals surface area contributed by atoms with Gasteiger partial charge < -0.3 is 10.5 Å². The van der Waals surface area contributed by atoms with Crippen molar-refractivity contribution in [2.45, 2.75) is 38.9 Å². The first-order chi connectivity index (χ1) is 11.7. The summed E-state index contributed by atoms with van der Waals surface area (Å²) >= 11 is 5.99. The summed E-state index contributed by atoms with van der Waals surface area (Å²) in [5, 5.41) is 0.675. The first-order valence-corrected chi connectivity index (χ1v) is 8.50. The zero-order chi connectivity index (χ0) is 16.9. The number of hydrogen-bond donors (Lipinski definition) is 2. The van der Waals surface area contributed by atoms with Gasteiger partial charge in [0, 0.05) is 23.6 Å². The number of nitrogens with two attached hydrogens (primary N) is 1. The van der Waals surface area contributed by atoms with Crippen LogP contribution in [-0.4, -0.2) is 22.9 Å². The molecular weight excluding hydrogens is 328 g/mol. The van der Waals surface area contributed by atoms with Crippen LogP contribution in [0.25, 0.3) is 11.1 Å².